The van der Waals surface area contributed by atoms with Crippen molar-refractivity contribution in [2.45, 2.75) is 0 Å². The summed E-state index contributed by atoms with van der Waals surface area (Å²) in [6.07, 6.45) is 0. The van der Waals surface area contributed by atoms with Gasteiger partial charge in [-0.2, -0.15) is 0 Å². The van der Waals surface area contributed by atoms with Gasteiger partial charge in [-0.3, -0.25) is 0 Å². The number of hydrogen-bond donors (Lipinski definition) is 1. The molecule has 2 aromatic heterocycles. The molecular weight excluding hydrogens is 388 g/mol. The number of nitrogens with one attached hydrogen (secondary N) is 1. The fourth-order valence-electron chi connectivity index (χ4n) is 5.73. The smallest absolute Gasteiger partial charge is 0.0619 e. The van der Waals surface area contributed by atoms with Crippen molar-refractivity contribution in [2.75, 3.05) is 0 Å². The van der Waals surface area contributed by atoms with Crippen LogP contribution in [0.5, 0.6) is 0 Å². The maximum absolute atomic E-state index is 3.65. The van der Waals surface area contributed by atoms with E-state index in [0.29, 0.717) is 0 Å². The van der Waals surface area contributed by atoms with Crippen LogP contribution >= 0.6 is 0 Å². The SMILES string of the molecule is c1ccc2c(c1)-c1cc3[nH]c4ccccc4c3cc1-n1c3ccccc3c3cccc-2c31. The molecule has 8 rings (SSSR count). The van der Waals surface area contributed by atoms with Gasteiger partial charge < -0.3 is 9.55 Å². The van der Waals surface area contributed by atoms with Crippen LogP contribution in [-0.4, -0.2) is 9.55 Å². The predicted octanol–water partition coefficient (Wildman–Crippen LogP) is 8.07. The molecule has 32 heavy (non-hydrogen) atoms. The summed E-state index contributed by atoms with van der Waals surface area (Å²) >= 11 is 0. The molecule has 0 aliphatic carbocycles. The lowest BCUT2D eigenvalue weighted by Gasteiger charge is -2.13. The molecule has 0 unspecified atom stereocenters. The monoisotopic (exact) mass is 406 g/mol. The minimum absolute atomic E-state index is 1.18. The Bertz CT molecular complexity index is 1880. The number of hydrogen-bond acceptors (Lipinski definition) is 0. The summed E-state index contributed by atoms with van der Waals surface area (Å²) in [5.41, 5.74) is 11.3. The maximum atomic E-state index is 3.65. The summed E-state index contributed by atoms with van der Waals surface area (Å²) < 4.78 is 2.48. The van der Waals surface area contributed by atoms with Gasteiger partial charge in [-0.05, 0) is 35.4 Å². The van der Waals surface area contributed by atoms with Crippen LogP contribution in [0.1, 0.15) is 0 Å². The molecule has 0 atom stereocenters. The molecule has 0 radical (unpaired) electrons. The van der Waals surface area contributed by atoms with Gasteiger partial charge in [-0.1, -0.05) is 78.9 Å². The van der Waals surface area contributed by atoms with E-state index in [-0.39, 0.29) is 0 Å². The van der Waals surface area contributed by atoms with Gasteiger partial charge in [0, 0.05) is 43.7 Å². The molecule has 0 bridgehead atoms. The molecule has 3 heterocycles. The molecule has 7 aromatic rings. The first-order valence-electron chi connectivity index (χ1n) is 11.1. The Labute approximate surface area is 184 Å². The highest BCUT2D eigenvalue weighted by Gasteiger charge is 2.24. The number of aromatic nitrogens is 2. The maximum Gasteiger partial charge on any atom is 0.0619 e. The van der Waals surface area contributed by atoms with Crippen LogP contribution in [0.2, 0.25) is 0 Å². The molecule has 148 valence electrons. The Morgan fingerprint density at radius 3 is 2.06 bits per heavy atom. The lowest BCUT2D eigenvalue weighted by atomic mass is 9.93. The molecule has 0 fully saturated rings. The molecular formula is C30H18N2. The van der Waals surface area contributed by atoms with Crippen LogP contribution in [0.25, 0.3) is 71.6 Å². The zero-order chi connectivity index (χ0) is 20.8. The quantitative estimate of drug-likeness (QED) is 0.263. The molecule has 0 saturated carbocycles. The van der Waals surface area contributed by atoms with E-state index < -0.39 is 0 Å². The highest BCUT2D eigenvalue weighted by Crippen LogP contribution is 2.47. The summed E-state index contributed by atoms with van der Waals surface area (Å²) in [5.74, 6) is 0. The average molecular weight is 406 g/mol. The van der Waals surface area contributed by atoms with Gasteiger partial charge in [-0.15, -0.1) is 0 Å². The molecule has 0 saturated heterocycles. The standard InChI is InChI=1S/C30H18N2/c1-2-9-19-18(8-1)22-12-7-13-23-21-11-4-6-15-28(21)32(30(22)23)29-17-24-20-10-3-5-14-26(20)31-27(24)16-25(19)29/h1-17,31H. The first-order valence-corrected chi connectivity index (χ1v) is 11.1. The van der Waals surface area contributed by atoms with E-state index in [4.69, 9.17) is 0 Å². The first kappa shape index (κ1) is 16.4. The first-order chi connectivity index (χ1) is 15.9. The largest absolute Gasteiger partial charge is 0.354 e. The van der Waals surface area contributed by atoms with Crippen molar-refractivity contribution < 1.29 is 0 Å². The molecule has 2 nitrogen and oxygen atoms in total. The molecule has 0 spiro atoms. The van der Waals surface area contributed by atoms with Crippen LogP contribution in [0.15, 0.2) is 103 Å². The molecule has 1 aliphatic heterocycles. The Kier molecular flexibility index (Phi) is 2.91. The van der Waals surface area contributed by atoms with E-state index >= 15 is 0 Å². The molecule has 1 N–H and O–H groups in total. The summed E-state index contributed by atoms with van der Waals surface area (Å²) in [6, 6.07) is 37.6. The highest BCUT2D eigenvalue weighted by atomic mass is 15.0. The van der Waals surface area contributed by atoms with Crippen molar-refractivity contribution in [2.24, 2.45) is 0 Å². The normalized spacial score (nSPS) is 12.4. The van der Waals surface area contributed by atoms with Crippen LogP contribution < -0.4 is 0 Å². The summed E-state index contributed by atoms with van der Waals surface area (Å²) in [5, 5.41) is 5.14. The van der Waals surface area contributed by atoms with E-state index in [9.17, 15) is 0 Å². The average Bonchev–Trinajstić information content (AvgIpc) is 3.34. The zero-order valence-corrected chi connectivity index (χ0v) is 17.3. The van der Waals surface area contributed by atoms with Crippen LogP contribution in [-0.2, 0) is 0 Å². The Morgan fingerprint density at radius 1 is 0.469 bits per heavy atom. The van der Waals surface area contributed by atoms with Crippen molar-refractivity contribution in [3.05, 3.63) is 103 Å². The van der Waals surface area contributed by atoms with E-state index in [2.05, 4.69) is 113 Å². The summed E-state index contributed by atoms with van der Waals surface area (Å²) in [7, 11) is 0. The number of fused-ring (bicyclic) bond motifs is 11. The van der Waals surface area contributed by atoms with Gasteiger partial charge in [0.2, 0.25) is 0 Å². The number of rotatable bonds is 0. The fourth-order valence-corrected chi connectivity index (χ4v) is 5.73. The van der Waals surface area contributed by atoms with Gasteiger partial charge in [-0.25, -0.2) is 0 Å². The Morgan fingerprint density at radius 2 is 1.16 bits per heavy atom. The van der Waals surface area contributed by atoms with E-state index in [1.165, 1.54) is 71.6 Å². The molecule has 5 aromatic carbocycles. The summed E-state index contributed by atoms with van der Waals surface area (Å²) in [6.45, 7) is 0. The highest BCUT2D eigenvalue weighted by molar-refractivity contribution is 6.18. The van der Waals surface area contributed by atoms with Gasteiger partial charge >= 0.3 is 0 Å². The topological polar surface area (TPSA) is 20.7 Å². The predicted molar refractivity (Wildman–Crippen MR) is 135 cm³/mol. The third-order valence-electron chi connectivity index (χ3n) is 7.07. The minimum Gasteiger partial charge on any atom is -0.354 e. The fraction of sp³-hybridized carbons (Fsp3) is 0. The lowest BCUT2D eigenvalue weighted by Crippen LogP contribution is -1.96. The number of para-hydroxylation sites is 3. The van der Waals surface area contributed by atoms with Crippen LogP contribution in [0, 0.1) is 0 Å². The minimum atomic E-state index is 1.18. The van der Waals surface area contributed by atoms with E-state index in [1.807, 2.05) is 0 Å². The van der Waals surface area contributed by atoms with Crippen LogP contribution in [0.3, 0.4) is 0 Å². The van der Waals surface area contributed by atoms with Crippen molar-refractivity contribution in [1.29, 1.82) is 0 Å². The second-order valence-corrected chi connectivity index (χ2v) is 8.69. The third kappa shape index (κ3) is 1.91. The number of nitrogens with zero attached hydrogens (tertiary/aromatic N) is 1. The molecule has 2 heteroatoms. The number of benzene rings is 5. The van der Waals surface area contributed by atoms with Gasteiger partial charge in [0.1, 0.15) is 0 Å². The molecule has 0 amide bonds. The second kappa shape index (κ2) is 5.68. The summed E-state index contributed by atoms with van der Waals surface area (Å²) in [4.78, 5) is 3.65. The third-order valence-corrected chi connectivity index (χ3v) is 7.07. The van der Waals surface area contributed by atoms with Crippen molar-refractivity contribution in [3.63, 3.8) is 0 Å². The van der Waals surface area contributed by atoms with Crippen molar-refractivity contribution >= 4 is 43.6 Å². The van der Waals surface area contributed by atoms with E-state index in [0.717, 1.165) is 0 Å². The Hall–Kier alpha value is -4.30. The van der Waals surface area contributed by atoms with Crippen LogP contribution in [0.4, 0.5) is 0 Å². The molecule has 1 aliphatic rings. The zero-order valence-electron chi connectivity index (χ0n) is 17.3. The van der Waals surface area contributed by atoms with E-state index in [1.54, 1.807) is 0 Å². The Balaban J connectivity index is 1.68. The second-order valence-electron chi connectivity index (χ2n) is 8.69. The lowest BCUT2D eigenvalue weighted by molar-refractivity contribution is 1.19. The number of aromatic amines is 1. The van der Waals surface area contributed by atoms with Crippen molar-refractivity contribution in [1.82, 2.24) is 9.55 Å². The van der Waals surface area contributed by atoms with Crippen molar-refractivity contribution in [3.8, 4) is 27.9 Å². The number of H-pyrrole nitrogens is 1. The van der Waals surface area contributed by atoms with Gasteiger partial charge in [0.15, 0.2) is 0 Å². The van der Waals surface area contributed by atoms with Gasteiger partial charge in [0.25, 0.3) is 0 Å². The van der Waals surface area contributed by atoms with Gasteiger partial charge in [0.05, 0.1) is 16.7 Å².